The van der Waals surface area contributed by atoms with Crippen molar-refractivity contribution < 1.29 is 0 Å². The summed E-state index contributed by atoms with van der Waals surface area (Å²) in [4.78, 5) is 9.79. The van der Waals surface area contributed by atoms with Crippen molar-refractivity contribution in [2.45, 2.75) is 27.3 Å². The third-order valence-corrected chi connectivity index (χ3v) is 5.21. The zero-order chi connectivity index (χ0) is 19.8. The first-order valence-corrected chi connectivity index (χ1v) is 10.4. The molecule has 1 aliphatic heterocycles. The van der Waals surface area contributed by atoms with Crippen molar-refractivity contribution in [2.24, 2.45) is 10.9 Å². The highest BCUT2D eigenvalue weighted by Gasteiger charge is 2.17. The molecule has 2 aromatic rings. The van der Waals surface area contributed by atoms with Crippen LogP contribution in [0, 0.1) is 5.92 Å². The highest BCUT2D eigenvalue weighted by molar-refractivity contribution is 5.79. The van der Waals surface area contributed by atoms with Crippen LogP contribution in [0.4, 0.5) is 0 Å². The van der Waals surface area contributed by atoms with Gasteiger partial charge in [-0.3, -0.25) is 4.40 Å². The van der Waals surface area contributed by atoms with Gasteiger partial charge in [-0.25, -0.2) is 4.99 Å². The molecule has 1 saturated heterocycles. The molecule has 0 saturated carbocycles. The molecule has 2 aromatic heterocycles. The molecule has 0 aromatic carbocycles. The van der Waals surface area contributed by atoms with E-state index in [4.69, 9.17) is 4.99 Å². The Morgan fingerprint density at radius 3 is 2.64 bits per heavy atom. The van der Waals surface area contributed by atoms with Crippen LogP contribution in [0.1, 0.15) is 26.6 Å². The fraction of sp³-hybridized carbons (Fsp3) is 0.650. The van der Waals surface area contributed by atoms with E-state index in [2.05, 4.69) is 51.4 Å². The molecule has 0 spiro atoms. The zero-order valence-electron chi connectivity index (χ0n) is 17.4. The van der Waals surface area contributed by atoms with Crippen LogP contribution in [0.3, 0.4) is 0 Å². The Kier molecular flexibility index (Phi) is 7.62. The van der Waals surface area contributed by atoms with Crippen LogP contribution < -0.4 is 10.6 Å². The molecular weight excluding hydrogens is 352 g/mol. The molecule has 8 nitrogen and oxygen atoms in total. The maximum atomic E-state index is 4.70. The number of hydrogen-bond donors (Lipinski definition) is 2. The number of hydrogen-bond acceptors (Lipinski definition) is 5. The van der Waals surface area contributed by atoms with Gasteiger partial charge in [-0.15, -0.1) is 10.2 Å². The lowest BCUT2D eigenvalue weighted by Gasteiger charge is -2.35. The van der Waals surface area contributed by atoms with Crippen molar-refractivity contribution in [1.29, 1.82) is 0 Å². The minimum atomic E-state index is 0.494. The number of aliphatic imine (C=N–C) groups is 1. The average molecular weight is 387 g/mol. The minimum absolute atomic E-state index is 0.494. The number of aromatic nitrogens is 3. The van der Waals surface area contributed by atoms with Gasteiger partial charge in [-0.1, -0.05) is 19.9 Å². The van der Waals surface area contributed by atoms with Gasteiger partial charge in [0.1, 0.15) is 6.54 Å². The fourth-order valence-electron chi connectivity index (χ4n) is 3.55. The van der Waals surface area contributed by atoms with Crippen LogP contribution in [0.25, 0.3) is 5.65 Å². The molecule has 2 N–H and O–H groups in total. The number of fused-ring (bicyclic) bond motifs is 1. The third kappa shape index (κ3) is 5.65. The molecule has 1 fully saturated rings. The number of nitrogens with one attached hydrogen (secondary N) is 2. The number of piperazine rings is 1. The molecule has 3 rings (SSSR count). The number of pyridine rings is 1. The van der Waals surface area contributed by atoms with Crippen LogP contribution in [0.2, 0.25) is 0 Å². The Bertz CT molecular complexity index is 747. The van der Waals surface area contributed by atoms with Crippen molar-refractivity contribution >= 4 is 11.6 Å². The predicted octanol–water partition coefficient (Wildman–Crippen LogP) is 1.06. The summed E-state index contributed by atoms with van der Waals surface area (Å²) >= 11 is 0. The van der Waals surface area contributed by atoms with E-state index in [-0.39, 0.29) is 0 Å². The Morgan fingerprint density at radius 2 is 1.89 bits per heavy atom. The summed E-state index contributed by atoms with van der Waals surface area (Å²) in [6, 6.07) is 5.90. The summed E-state index contributed by atoms with van der Waals surface area (Å²) in [7, 11) is 0. The lowest BCUT2D eigenvalue weighted by molar-refractivity contribution is 0.124. The number of guanidine groups is 1. The van der Waals surface area contributed by atoms with Gasteiger partial charge in [0.25, 0.3) is 0 Å². The molecule has 0 bridgehead atoms. The smallest absolute Gasteiger partial charge is 0.191 e. The van der Waals surface area contributed by atoms with E-state index >= 15 is 0 Å². The highest BCUT2D eigenvalue weighted by Crippen LogP contribution is 2.06. The van der Waals surface area contributed by atoms with Gasteiger partial charge < -0.3 is 20.4 Å². The Balaban J connectivity index is 1.49. The molecule has 3 heterocycles. The molecule has 1 unspecified atom stereocenters. The second kappa shape index (κ2) is 10.4. The molecule has 8 heteroatoms. The number of nitrogens with zero attached hydrogens (tertiary/aromatic N) is 6. The lowest BCUT2D eigenvalue weighted by atomic mass is 10.1. The molecule has 154 valence electrons. The van der Waals surface area contributed by atoms with Gasteiger partial charge in [0.2, 0.25) is 0 Å². The van der Waals surface area contributed by atoms with Crippen LogP contribution in [0.5, 0.6) is 0 Å². The maximum Gasteiger partial charge on any atom is 0.191 e. The van der Waals surface area contributed by atoms with Gasteiger partial charge in [-0.05, 0) is 31.5 Å². The standard InChI is InChI=1S/C20H34N8/c1-4-21-20(23-15-19-25-24-18-8-6-7-9-28(18)19)22-14-17(3)16-27-12-10-26(5-2)11-13-27/h6-9,17H,4-5,10-16H2,1-3H3,(H2,21,22,23). The van der Waals surface area contributed by atoms with Crippen molar-refractivity contribution in [3.05, 3.63) is 30.2 Å². The summed E-state index contributed by atoms with van der Waals surface area (Å²) in [6.07, 6.45) is 1.97. The number of rotatable bonds is 8. The van der Waals surface area contributed by atoms with Crippen molar-refractivity contribution in [3.63, 3.8) is 0 Å². The normalized spacial score (nSPS) is 17.8. The van der Waals surface area contributed by atoms with E-state index in [1.54, 1.807) is 0 Å². The second-order valence-electron chi connectivity index (χ2n) is 7.46. The summed E-state index contributed by atoms with van der Waals surface area (Å²) in [5.74, 6) is 2.23. The highest BCUT2D eigenvalue weighted by atomic mass is 15.3. The van der Waals surface area contributed by atoms with E-state index in [0.29, 0.717) is 12.5 Å². The summed E-state index contributed by atoms with van der Waals surface area (Å²) in [5, 5.41) is 15.3. The summed E-state index contributed by atoms with van der Waals surface area (Å²) < 4.78 is 1.98. The Labute approximate surface area is 168 Å². The zero-order valence-corrected chi connectivity index (χ0v) is 17.4. The predicted molar refractivity (Wildman–Crippen MR) is 114 cm³/mol. The summed E-state index contributed by atoms with van der Waals surface area (Å²) in [5.41, 5.74) is 0.849. The molecule has 28 heavy (non-hydrogen) atoms. The van der Waals surface area contributed by atoms with Gasteiger partial charge >= 0.3 is 0 Å². The fourth-order valence-corrected chi connectivity index (χ4v) is 3.55. The monoisotopic (exact) mass is 386 g/mol. The van der Waals surface area contributed by atoms with Crippen LogP contribution in [-0.2, 0) is 6.54 Å². The van der Waals surface area contributed by atoms with E-state index in [1.807, 2.05) is 28.8 Å². The Morgan fingerprint density at radius 1 is 1.11 bits per heavy atom. The maximum absolute atomic E-state index is 4.70. The topological polar surface area (TPSA) is 73.1 Å². The Hall–Kier alpha value is -2.19. The van der Waals surface area contributed by atoms with E-state index in [0.717, 1.165) is 43.6 Å². The molecular formula is C20H34N8. The molecule has 1 atom stereocenters. The number of likely N-dealkylation sites (N-methyl/N-ethyl adjacent to an activating group) is 1. The van der Waals surface area contributed by atoms with Gasteiger partial charge in [-0.2, -0.15) is 0 Å². The lowest BCUT2D eigenvalue weighted by Crippen LogP contribution is -2.48. The van der Waals surface area contributed by atoms with Crippen LogP contribution in [0.15, 0.2) is 29.4 Å². The van der Waals surface area contributed by atoms with E-state index in [1.165, 1.54) is 26.2 Å². The molecule has 0 radical (unpaired) electrons. The van der Waals surface area contributed by atoms with Crippen molar-refractivity contribution in [2.75, 3.05) is 52.4 Å². The first-order chi connectivity index (χ1) is 13.7. The van der Waals surface area contributed by atoms with Crippen LogP contribution in [-0.4, -0.2) is 82.7 Å². The third-order valence-electron chi connectivity index (χ3n) is 5.21. The molecule has 0 amide bonds. The van der Waals surface area contributed by atoms with Crippen molar-refractivity contribution in [3.8, 4) is 0 Å². The first-order valence-electron chi connectivity index (χ1n) is 10.4. The van der Waals surface area contributed by atoms with Crippen molar-refractivity contribution in [1.82, 2.24) is 35.0 Å². The van der Waals surface area contributed by atoms with Gasteiger partial charge in [0.15, 0.2) is 17.4 Å². The summed E-state index contributed by atoms with van der Waals surface area (Å²) in [6.45, 7) is 15.9. The van der Waals surface area contributed by atoms with Crippen LogP contribution >= 0.6 is 0 Å². The van der Waals surface area contributed by atoms with Gasteiger partial charge in [0.05, 0.1) is 0 Å². The molecule has 0 aliphatic carbocycles. The first kappa shape index (κ1) is 20.5. The largest absolute Gasteiger partial charge is 0.357 e. The SMILES string of the molecule is CCNC(=NCc1nnc2ccccn12)NCC(C)CN1CCN(CC)CC1. The van der Waals surface area contributed by atoms with E-state index in [9.17, 15) is 0 Å². The molecule has 1 aliphatic rings. The van der Waals surface area contributed by atoms with Gasteiger partial charge in [0, 0.05) is 52.0 Å². The average Bonchev–Trinajstić information content (AvgIpc) is 3.14. The van der Waals surface area contributed by atoms with E-state index < -0.39 is 0 Å². The quantitative estimate of drug-likeness (QED) is 0.522. The minimum Gasteiger partial charge on any atom is -0.357 e. The second-order valence-corrected chi connectivity index (χ2v) is 7.46.